The lowest BCUT2D eigenvalue weighted by atomic mass is 10.2. The fraction of sp³-hybridized carbons (Fsp3) is 0.471. The second-order valence-electron chi connectivity index (χ2n) is 6.45. The van der Waals surface area contributed by atoms with Crippen LogP contribution >= 0.6 is 0 Å². The van der Waals surface area contributed by atoms with Gasteiger partial charge in [-0.3, -0.25) is 9.69 Å². The highest BCUT2D eigenvalue weighted by Crippen LogP contribution is 2.24. The number of nitrogens with zero attached hydrogens (tertiary/aromatic N) is 4. The van der Waals surface area contributed by atoms with E-state index in [1.165, 1.54) is 12.3 Å². The lowest BCUT2D eigenvalue weighted by Crippen LogP contribution is -2.40. The van der Waals surface area contributed by atoms with Crippen molar-refractivity contribution >= 4 is 5.91 Å². The van der Waals surface area contributed by atoms with Gasteiger partial charge in [-0.05, 0) is 19.4 Å². The van der Waals surface area contributed by atoms with E-state index >= 15 is 0 Å². The minimum absolute atomic E-state index is 0.0938. The first-order valence-electron chi connectivity index (χ1n) is 8.10. The summed E-state index contributed by atoms with van der Waals surface area (Å²) in [6.45, 7) is 3.02. The molecule has 0 unspecified atom stereocenters. The molecule has 1 aliphatic rings. The predicted octanol–water partition coefficient (Wildman–Crippen LogP) is 1.87. The molecule has 3 heterocycles. The van der Waals surface area contributed by atoms with Crippen molar-refractivity contribution in [3.8, 4) is 6.07 Å². The van der Waals surface area contributed by atoms with E-state index in [2.05, 4.69) is 10.1 Å². The number of carbonyl (C=O) groups is 1. The summed E-state index contributed by atoms with van der Waals surface area (Å²) in [6.07, 6.45) is 0.968. The number of halogens is 1. The lowest BCUT2D eigenvalue weighted by Gasteiger charge is -2.27. The summed E-state index contributed by atoms with van der Waals surface area (Å²) in [6, 6.07) is 5.21. The van der Waals surface area contributed by atoms with E-state index < -0.39 is 6.17 Å². The number of aryl methyl sites for hydroxylation is 1. The van der Waals surface area contributed by atoms with Crippen molar-refractivity contribution in [1.82, 2.24) is 19.9 Å². The summed E-state index contributed by atoms with van der Waals surface area (Å²) in [4.78, 5) is 18.7. The number of H-pyrrole nitrogens is 1. The second-order valence-corrected chi connectivity index (χ2v) is 6.45. The second kappa shape index (κ2) is 7.07. The number of rotatable bonds is 5. The average molecular weight is 345 g/mol. The van der Waals surface area contributed by atoms with Crippen LogP contribution in [-0.2, 0) is 6.54 Å². The van der Waals surface area contributed by atoms with Crippen LogP contribution in [0.4, 0.5) is 4.39 Å². The third kappa shape index (κ3) is 3.88. The standard InChI is InChI=1S/C17H20FN5O2/c1-11-3-16(25-21-11)10-23-8-13(18)5-15(23)9-22(2)17(24)12-4-14(6-19)20-7-12/h3-4,7,13,15,20H,5,8-10H2,1-2H3/t13-,15-/m0/s1. The first kappa shape index (κ1) is 17.2. The summed E-state index contributed by atoms with van der Waals surface area (Å²) in [5.41, 5.74) is 1.55. The zero-order valence-electron chi connectivity index (χ0n) is 14.2. The zero-order valence-corrected chi connectivity index (χ0v) is 14.2. The Bertz CT molecular complexity index is 793. The molecule has 0 saturated carbocycles. The molecule has 7 nitrogen and oxygen atoms in total. The number of amides is 1. The molecule has 1 fully saturated rings. The molecule has 2 atom stereocenters. The molecule has 3 rings (SSSR count). The number of alkyl halides is 1. The number of aromatic amines is 1. The van der Waals surface area contributed by atoms with E-state index in [1.54, 1.807) is 11.9 Å². The van der Waals surface area contributed by atoms with Gasteiger partial charge in [0.1, 0.15) is 17.9 Å². The Labute approximate surface area is 145 Å². The van der Waals surface area contributed by atoms with Crippen LogP contribution in [0.2, 0.25) is 0 Å². The molecule has 2 aromatic rings. The molecular formula is C17H20FN5O2. The molecule has 25 heavy (non-hydrogen) atoms. The third-order valence-electron chi connectivity index (χ3n) is 4.39. The number of hydrogen-bond donors (Lipinski definition) is 1. The maximum Gasteiger partial charge on any atom is 0.255 e. The van der Waals surface area contributed by atoms with Crippen molar-refractivity contribution < 1.29 is 13.7 Å². The van der Waals surface area contributed by atoms with Crippen LogP contribution in [0.25, 0.3) is 0 Å². The number of likely N-dealkylation sites (N-methyl/N-ethyl adjacent to an activating group) is 1. The van der Waals surface area contributed by atoms with E-state index in [0.717, 1.165) is 5.69 Å². The van der Waals surface area contributed by atoms with Crippen LogP contribution in [0.1, 0.15) is 33.9 Å². The number of carbonyl (C=O) groups excluding carboxylic acids is 1. The first-order chi connectivity index (χ1) is 12.0. The number of aromatic nitrogens is 2. The summed E-state index contributed by atoms with van der Waals surface area (Å²) in [5, 5.41) is 12.7. The van der Waals surface area contributed by atoms with Gasteiger partial charge in [-0.15, -0.1) is 0 Å². The van der Waals surface area contributed by atoms with Crippen LogP contribution in [0.5, 0.6) is 0 Å². The summed E-state index contributed by atoms with van der Waals surface area (Å²) >= 11 is 0. The van der Waals surface area contributed by atoms with Crippen LogP contribution in [0, 0.1) is 18.3 Å². The Morgan fingerprint density at radius 1 is 1.60 bits per heavy atom. The van der Waals surface area contributed by atoms with Gasteiger partial charge in [0.2, 0.25) is 0 Å². The van der Waals surface area contributed by atoms with E-state index in [-0.39, 0.29) is 11.9 Å². The summed E-state index contributed by atoms with van der Waals surface area (Å²) in [7, 11) is 1.68. The molecule has 1 N–H and O–H groups in total. The highest BCUT2D eigenvalue weighted by Gasteiger charge is 2.34. The Morgan fingerprint density at radius 2 is 2.40 bits per heavy atom. The third-order valence-corrected chi connectivity index (χ3v) is 4.39. The highest BCUT2D eigenvalue weighted by molar-refractivity contribution is 5.94. The van der Waals surface area contributed by atoms with Crippen molar-refractivity contribution in [1.29, 1.82) is 5.26 Å². The molecule has 8 heteroatoms. The van der Waals surface area contributed by atoms with Gasteiger partial charge in [0.05, 0.1) is 17.8 Å². The Kier molecular flexibility index (Phi) is 4.86. The fourth-order valence-electron chi connectivity index (χ4n) is 3.20. The van der Waals surface area contributed by atoms with E-state index in [4.69, 9.17) is 9.78 Å². The van der Waals surface area contributed by atoms with E-state index in [0.29, 0.717) is 43.1 Å². The molecule has 0 bridgehead atoms. The summed E-state index contributed by atoms with van der Waals surface area (Å²) < 4.78 is 19.1. The first-order valence-corrected chi connectivity index (χ1v) is 8.10. The summed E-state index contributed by atoms with van der Waals surface area (Å²) in [5.74, 6) is 0.491. The molecular weight excluding hydrogens is 325 g/mol. The number of hydrogen-bond acceptors (Lipinski definition) is 5. The predicted molar refractivity (Wildman–Crippen MR) is 87.4 cm³/mol. The van der Waals surface area contributed by atoms with Gasteiger partial charge < -0.3 is 14.4 Å². The monoisotopic (exact) mass is 345 g/mol. The van der Waals surface area contributed by atoms with Crippen molar-refractivity contribution in [3.05, 3.63) is 41.0 Å². The van der Waals surface area contributed by atoms with Gasteiger partial charge in [0.15, 0.2) is 5.76 Å². The van der Waals surface area contributed by atoms with Gasteiger partial charge >= 0.3 is 0 Å². The van der Waals surface area contributed by atoms with Crippen LogP contribution in [0.3, 0.4) is 0 Å². The van der Waals surface area contributed by atoms with Crippen molar-refractivity contribution in [2.75, 3.05) is 20.1 Å². The van der Waals surface area contributed by atoms with Gasteiger partial charge in [0.25, 0.3) is 5.91 Å². The lowest BCUT2D eigenvalue weighted by molar-refractivity contribution is 0.0746. The van der Waals surface area contributed by atoms with Crippen LogP contribution < -0.4 is 0 Å². The molecule has 1 aliphatic heterocycles. The van der Waals surface area contributed by atoms with E-state index in [9.17, 15) is 9.18 Å². The number of nitrogens with one attached hydrogen (secondary N) is 1. The molecule has 0 spiro atoms. The normalized spacial score (nSPS) is 20.6. The number of likely N-dealkylation sites (tertiary alicyclic amines) is 1. The maximum absolute atomic E-state index is 13.9. The molecule has 0 radical (unpaired) electrons. The molecule has 1 amide bonds. The van der Waals surface area contributed by atoms with Gasteiger partial charge in [0, 0.05) is 38.4 Å². The molecule has 0 aliphatic carbocycles. The average Bonchev–Trinajstić information content (AvgIpc) is 3.28. The van der Waals surface area contributed by atoms with Crippen molar-refractivity contribution in [3.63, 3.8) is 0 Å². The zero-order chi connectivity index (χ0) is 18.0. The van der Waals surface area contributed by atoms with Gasteiger partial charge in [-0.2, -0.15) is 5.26 Å². The SMILES string of the molecule is Cc1cc(CN2C[C@@H](F)C[C@H]2CN(C)C(=O)c2c[nH]c(C#N)c2)on1. The quantitative estimate of drug-likeness (QED) is 0.893. The van der Waals surface area contributed by atoms with Crippen molar-refractivity contribution in [2.24, 2.45) is 0 Å². The minimum atomic E-state index is -0.921. The topological polar surface area (TPSA) is 89.2 Å². The van der Waals surface area contributed by atoms with Gasteiger partial charge in [-0.25, -0.2) is 4.39 Å². The molecule has 0 aromatic carbocycles. The molecule has 132 valence electrons. The van der Waals surface area contributed by atoms with Crippen molar-refractivity contribution in [2.45, 2.75) is 32.1 Å². The molecule has 2 aromatic heterocycles. The van der Waals surface area contributed by atoms with Crippen LogP contribution in [-0.4, -0.2) is 58.2 Å². The van der Waals surface area contributed by atoms with E-state index in [1.807, 2.05) is 24.0 Å². The Morgan fingerprint density at radius 3 is 3.04 bits per heavy atom. The van der Waals surface area contributed by atoms with Gasteiger partial charge in [-0.1, -0.05) is 5.16 Å². The Hall–Kier alpha value is -2.66. The highest BCUT2D eigenvalue weighted by atomic mass is 19.1. The smallest absolute Gasteiger partial charge is 0.255 e. The number of nitriles is 1. The maximum atomic E-state index is 13.9. The fourth-order valence-corrected chi connectivity index (χ4v) is 3.20. The molecule has 1 saturated heterocycles. The largest absolute Gasteiger partial charge is 0.360 e. The Balaban J connectivity index is 1.64. The van der Waals surface area contributed by atoms with Crippen LogP contribution in [0.15, 0.2) is 22.9 Å². The minimum Gasteiger partial charge on any atom is -0.360 e.